The molecule has 0 aliphatic heterocycles. The van der Waals surface area contributed by atoms with Gasteiger partial charge in [-0.15, -0.1) is 4.85 Å². The summed E-state index contributed by atoms with van der Waals surface area (Å²) in [6.45, 7) is 0. The van der Waals surface area contributed by atoms with Gasteiger partial charge in [-0.05, 0) is 23.0 Å². The Morgan fingerprint density at radius 1 is 1.16 bits per heavy atom. The first-order valence-electron chi connectivity index (χ1n) is 5.49. The van der Waals surface area contributed by atoms with Crippen molar-refractivity contribution >= 4 is 16.7 Å². The summed E-state index contributed by atoms with van der Waals surface area (Å²) in [5.41, 5.74) is 1.20. The van der Waals surface area contributed by atoms with Crippen LogP contribution in [0.15, 0.2) is 48.5 Å². The molecule has 0 unspecified atom stereocenters. The second kappa shape index (κ2) is 4.05. The SMILES string of the molecule is O=[N+]([O-])c1cccc(-n2nc3ccccc3[n+]2[O-])c1. The van der Waals surface area contributed by atoms with Gasteiger partial charge in [-0.3, -0.25) is 10.1 Å². The third kappa shape index (κ3) is 1.77. The first-order valence-corrected chi connectivity index (χ1v) is 5.49. The van der Waals surface area contributed by atoms with E-state index in [2.05, 4.69) is 5.10 Å². The molecule has 0 saturated carbocycles. The Bertz CT molecular complexity index is 781. The van der Waals surface area contributed by atoms with Gasteiger partial charge in [-0.25, -0.2) is 0 Å². The van der Waals surface area contributed by atoms with Crippen LogP contribution in [0.1, 0.15) is 0 Å². The van der Waals surface area contributed by atoms with Crippen LogP contribution >= 0.6 is 0 Å². The van der Waals surface area contributed by atoms with Gasteiger partial charge in [0.05, 0.1) is 10.0 Å². The van der Waals surface area contributed by atoms with Gasteiger partial charge in [0.1, 0.15) is 5.69 Å². The van der Waals surface area contributed by atoms with Crippen molar-refractivity contribution in [3.8, 4) is 5.69 Å². The normalized spacial score (nSPS) is 10.7. The second-order valence-corrected chi connectivity index (χ2v) is 3.93. The fraction of sp³-hybridized carbons (Fsp3) is 0. The predicted molar refractivity (Wildman–Crippen MR) is 66.7 cm³/mol. The van der Waals surface area contributed by atoms with Crippen LogP contribution in [0.4, 0.5) is 5.69 Å². The summed E-state index contributed by atoms with van der Waals surface area (Å²) in [5, 5.41) is 26.9. The molecule has 0 bridgehead atoms. The summed E-state index contributed by atoms with van der Waals surface area (Å²) in [6.07, 6.45) is 0. The van der Waals surface area contributed by atoms with Crippen molar-refractivity contribution in [2.45, 2.75) is 0 Å². The molecule has 0 spiro atoms. The van der Waals surface area contributed by atoms with E-state index in [1.54, 1.807) is 30.3 Å². The Morgan fingerprint density at radius 2 is 1.95 bits per heavy atom. The van der Waals surface area contributed by atoms with Gasteiger partial charge in [0.25, 0.3) is 5.69 Å². The van der Waals surface area contributed by atoms with Gasteiger partial charge in [-0.1, -0.05) is 18.2 Å². The summed E-state index contributed by atoms with van der Waals surface area (Å²) in [7, 11) is 0. The monoisotopic (exact) mass is 256 g/mol. The van der Waals surface area contributed by atoms with Crippen molar-refractivity contribution in [3.05, 3.63) is 63.9 Å². The molecule has 0 aliphatic rings. The van der Waals surface area contributed by atoms with E-state index in [1.807, 2.05) is 0 Å². The van der Waals surface area contributed by atoms with E-state index in [1.165, 1.54) is 18.2 Å². The first-order chi connectivity index (χ1) is 9.16. The predicted octanol–water partition coefficient (Wildman–Crippen LogP) is 1.57. The number of fused-ring (bicyclic) bond motifs is 1. The third-order valence-electron chi connectivity index (χ3n) is 2.73. The second-order valence-electron chi connectivity index (χ2n) is 3.93. The molecule has 0 saturated heterocycles. The Labute approximate surface area is 107 Å². The van der Waals surface area contributed by atoms with Crippen molar-refractivity contribution in [2.75, 3.05) is 0 Å². The molecule has 0 fully saturated rings. The van der Waals surface area contributed by atoms with E-state index in [4.69, 9.17) is 0 Å². The molecule has 0 N–H and O–H groups in total. The van der Waals surface area contributed by atoms with Crippen molar-refractivity contribution in [1.82, 2.24) is 9.90 Å². The lowest BCUT2D eigenvalue weighted by Gasteiger charge is -2.03. The van der Waals surface area contributed by atoms with Gasteiger partial charge in [0.15, 0.2) is 0 Å². The molecule has 7 heteroatoms. The number of hydrogen-bond acceptors (Lipinski definition) is 4. The highest BCUT2D eigenvalue weighted by atomic mass is 16.6. The minimum Gasteiger partial charge on any atom is -0.692 e. The van der Waals surface area contributed by atoms with Crippen LogP contribution in [0, 0.1) is 15.3 Å². The maximum Gasteiger partial charge on any atom is 0.271 e. The van der Waals surface area contributed by atoms with Crippen molar-refractivity contribution in [3.63, 3.8) is 0 Å². The number of aromatic nitrogens is 3. The zero-order chi connectivity index (χ0) is 13.4. The highest BCUT2D eigenvalue weighted by Gasteiger charge is 2.17. The lowest BCUT2D eigenvalue weighted by molar-refractivity contribution is -0.664. The van der Waals surface area contributed by atoms with E-state index < -0.39 is 4.92 Å². The Kier molecular flexibility index (Phi) is 2.38. The number of non-ortho nitro benzene ring substituents is 1. The Morgan fingerprint density at radius 3 is 2.68 bits per heavy atom. The van der Waals surface area contributed by atoms with Crippen LogP contribution in [0.25, 0.3) is 16.7 Å². The average Bonchev–Trinajstić information content (AvgIpc) is 2.77. The number of hydrogen-bond donors (Lipinski definition) is 0. The van der Waals surface area contributed by atoms with Gasteiger partial charge in [0.2, 0.25) is 11.0 Å². The molecule has 94 valence electrons. The summed E-state index contributed by atoms with van der Waals surface area (Å²) < 4.78 is 0. The van der Waals surface area contributed by atoms with Crippen molar-refractivity contribution in [2.24, 2.45) is 0 Å². The van der Waals surface area contributed by atoms with Crippen LogP contribution in [0.2, 0.25) is 0 Å². The number of nitrogens with zero attached hydrogens (tertiary/aromatic N) is 4. The summed E-state index contributed by atoms with van der Waals surface area (Å²) in [4.78, 5) is 11.9. The maximum atomic E-state index is 12.1. The van der Waals surface area contributed by atoms with Crippen LogP contribution in [-0.2, 0) is 0 Å². The fourth-order valence-corrected chi connectivity index (χ4v) is 1.85. The molecule has 0 radical (unpaired) electrons. The number of rotatable bonds is 2. The van der Waals surface area contributed by atoms with Gasteiger partial charge >= 0.3 is 0 Å². The van der Waals surface area contributed by atoms with Crippen molar-refractivity contribution in [1.29, 1.82) is 0 Å². The van der Waals surface area contributed by atoms with E-state index in [0.29, 0.717) is 21.6 Å². The summed E-state index contributed by atoms with van der Waals surface area (Å²) in [5.74, 6) is 0. The fourth-order valence-electron chi connectivity index (χ4n) is 1.85. The highest BCUT2D eigenvalue weighted by Crippen LogP contribution is 2.16. The molecule has 2 aromatic carbocycles. The van der Waals surface area contributed by atoms with E-state index in [9.17, 15) is 15.3 Å². The van der Waals surface area contributed by atoms with Gasteiger partial charge in [0, 0.05) is 12.1 Å². The number of nitro groups is 1. The molecular formula is C12H8N4O3. The lowest BCUT2D eigenvalue weighted by Crippen LogP contribution is -2.37. The van der Waals surface area contributed by atoms with Crippen LogP contribution in [0.5, 0.6) is 0 Å². The van der Waals surface area contributed by atoms with E-state index in [0.717, 1.165) is 4.80 Å². The highest BCUT2D eigenvalue weighted by molar-refractivity contribution is 5.70. The molecule has 0 aliphatic carbocycles. The maximum absolute atomic E-state index is 12.1. The van der Waals surface area contributed by atoms with Crippen LogP contribution in [0.3, 0.4) is 0 Å². The lowest BCUT2D eigenvalue weighted by atomic mass is 10.3. The number of benzene rings is 2. The third-order valence-corrected chi connectivity index (χ3v) is 2.73. The minimum absolute atomic E-state index is 0.0861. The zero-order valence-electron chi connectivity index (χ0n) is 9.63. The molecule has 3 aromatic rings. The number of nitro benzene ring substituents is 1. The standard InChI is InChI=1S/C12H8N4O3/c17-15-12-7-2-1-6-11(12)13-14(15)9-4-3-5-10(8-9)16(18)19/h1-8H. The largest absolute Gasteiger partial charge is 0.692 e. The molecule has 7 nitrogen and oxygen atoms in total. The van der Waals surface area contributed by atoms with Gasteiger partial charge < -0.3 is 5.21 Å². The zero-order valence-corrected chi connectivity index (χ0v) is 9.63. The quantitative estimate of drug-likeness (QED) is 0.301. The molecule has 1 heterocycles. The summed E-state index contributed by atoms with van der Waals surface area (Å²) in [6, 6.07) is 12.6. The van der Waals surface area contributed by atoms with Gasteiger partial charge in [-0.2, -0.15) is 0 Å². The molecule has 1 aromatic heterocycles. The molecule has 3 rings (SSSR count). The Hall–Kier alpha value is -2.96. The average molecular weight is 256 g/mol. The minimum atomic E-state index is -0.512. The van der Waals surface area contributed by atoms with E-state index in [-0.39, 0.29) is 5.69 Å². The van der Waals surface area contributed by atoms with E-state index >= 15 is 0 Å². The molecule has 0 atom stereocenters. The number of para-hydroxylation sites is 1. The summed E-state index contributed by atoms with van der Waals surface area (Å²) >= 11 is 0. The topological polar surface area (TPSA) is 87.9 Å². The van der Waals surface area contributed by atoms with Crippen LogP contribution < -0.4 is 4.85 Å². The molecule has 19 heavy (non-hydrogen) atoms. The first kappa shape index (κ1) is 11.1. The molecular weight excluding hydrogens is 248 g/mol. The Balaban J connectivity index is 2.21. The van der Waals surface area contributed by atoms with Crippen molar-refractivity contribution < 1.29 is 9.77 Å². The molecule has 0 amide bonds. The smallest absolute Gasteiger partial charge is 0.271 e. The van der Waals surface area contributed by atoms with Crippen LogP contribution in [-0.4, -0.2) is 14.8 Å².